The Kier molecular flexibility index (Phi) is 4.01. The molecule has 0 aliphatic carbocycles. The number of rotatable bonds is 0. The molecule has 5 rings (SSSR count). The Hall–Kier alpha value is -2.66. The van der Waals surface area contributed by atoms with E-state index in [2.05, 4.69) is 50.3 Å². The zero-order valence-corrected chi connectivity index (χ0v) is 15.3. The van der Waals surface area contributed by atoms with E-state index in [4.69, 9.17) is 0 Å². The molecule has 8 bridgehead atoms. The van der Waals surface area contributed by atoms with Crippen LogP contribution >= 0.6 is 0 Å². The van der Waals surface area contributed by atoms with Crippen molar-refractivity contribution in [1.82, 2.24) is 19.9 Å². The molecular formula is C20H14AuN4. The SMILES string of the molecule is C1=Cc2cc3ccc(cc4ccc(cc5nc(cc1n2)C=C5)[nH]4)[nH]3.[Au]. The summed E-state index contributed by atoms with van der Waals surface area (Å²) in [5, 5.41) is 0. The van der Waals surface area contributed by atoms with Gasteiger partial charge in [-0.2, -0.15) is 0 Å². The molecule has 125 valence electrons. The van der Waals surface area contributed by atoms with Crippen molar-refractivity contribution in [2.24, 2.45) is 0 Å². The summed E-state index contributed by atoms with van der Waals surface area (Å²) in [5.41, 5.74) is 7.86. The van der Waals surface area contributed by atoms with E-state index in [0.717, 1.165) is 44.8 Å². The van der Waals surface area contributed by atoms with E-state index >= 15 is 0 Å². The monoisotopic (exact) mass is 507 g/mol. The predicted molar refractivity (Wildman–Crippen MR) is 98.9 cm³/mol. The van der Waals surface area contributed by atoms with Crippen LogP contribution in [-0.4, -0.2) is 19.9 Å². The van der Waals surface area contributed by atoms with Crippen LogP contribution in [0.5, 0.6) is 0 Å². The van der Waals surface area contributed by atoms with Crippen molar-refractivity contribution < 1.29 is 22.4 Å². The van der Waals surface area contributed by atoms with Gasteiger partial charge in [-0.25, -0.2) is 9.97 Å². The van der Waals surface area contributed by atoms with Crippen molar-refractivity contribution in [3.05, 3.63) is 71.3 Å². The van der Waals surface area contributed by atoms with Gasteiger partial charge >= 0.3 is 0 Å². The molecule has 3 aromatic heterocycles. The number of fused-ring (bicyclic) bond motifs is 8. The van der Waals surface area contributed by atoms with Crippen LogP contribution in [0.25, 0.3) is 46.4 Å². The minimum atomic E-state index is 0. The van der Waals surface area contributed by atoms with E-state index < -0.39 is 0 Å². The van der Waals surface area contributed by atoms with E-state index in [0.29, 0.717) is 0 Å². The van der Waals surface area contributed by atoms with Crippen LogP contribution in [-0.2, 0) is 22.4 Å². The van der Waals surface area contributed by atoms with E-state index in [-0.39, 0.29) is 22.4 Å². The Bertz CT molecular complexity index is 1080. The first kappa shape index (κ1) is 15.8. The van der Waals surface area contributed by atoms with E-state index in [1.54, 1.807) is 0 Å². The normalized spacial score (nSPS) is 12.2. The molecule has 0 spiro atoms. The Morgan fingerprint density at radius 1 is 0.480 bits per heavy atom. The third-order valence-corrected chi connectivity index (χ3v) is 4.04. The Labute approximate surface area is 159 Å². The molecule has 1 radical (unpaired) electrons. The van der Waals surface area contributed by atoms with Crippen LogP contribution in [0.15, 0.2) is 48.5 Å². The van der Waals surface area contributed by atoms with Gasteiger partial charge in [0, 0.05) is 44.4 Å². The summed E-state index contributed by atoms with van der Waals surface area (Å²) in [7, 11) is 0. The molecule has 25 heavy (non-hydrogen) atoms. The quantitative estimate of drug-likeness (QED) is 0.300. The average molecular weight is 507 g/mol. The van der Waals surface area contributed by atoms with Gasteiger partial charge in [-0.3, -0.25) is 0 Å². The average Bonchev–Trinajstić information content (AvgIpc) is 3.32. The Balaban J connectivity index is 0.00000157. The van der Waals surface area contributed by atoms with E-state index in [1.807, 2.05) is 42.5 Å². The van der Waals surface area contributed by atoms with E-state index in [9.17, 15) is 0 Å². The van der Waals surface area contributed by atoms with Crippen molar-refractivity contribution in [3.63, 3.8) is 0 Å². The van der Waals surface area contributed by atoms with E-state index in [1.165, 1.54) is 0 Å². The fourth-order valence-corrected chi connectivity index (χ4v) is 2.94. The maximum atomic E-state index is 4.62. The molecule has 2 aliphatic heterocycles. The molecular weight excluding hydrogens is 493 g/mol. The summed E-state index contributed by atoms with van der Waals surface area (Å²) < 4.78 is 0. The third kappa shape index (κ3) is 3.28. The summed E-state index contributed by atoms with van der Waals surface area (Å²) in [6, 6.07) is 16.4. The first-order valence-corrected chi connectivity index (χ1v) is 7.85. The van der Waals surface area contributed by atoms with Crippen LogP contribution in [0.1, 0.15) is 22.8 Å². The minimum absolute atomic E-state index is 0. The zero-order valence-electron chi connectivity index (χ0n) is 13.1. The van der Waals surface area contributed by atoms with Gasteiger partial charge in [-0.15, -0.1) is 0 Å². The van der Waals surface area contributed by atoms with Crippen LogP contribution in [0, 0.1) is 0 Å². The molecule has 0 fully saturated rings. The van der Waals surface area contributed by atoms with Crippen molar-refractivity contribution >= 4 is 46.4 Å². The second-order valence-electron chi connectivity index (χ2n) is 5.91. The fraction of sp³-hybridized carbons (Fsp3) is 0. The second-order valence-corrected chi connectivity index (χ2v) is 5.91. The molecule has 0 atom stereocenters. The van der Waals surface area contributed by atoms with Crippen molar-refractivity contribution in [1.29, 1.82) is 0 Å². The van der Waals surface area contributed by atoms with Crippen LogP contribution in [0.2, 0.25) is 0 Å². The topological polar surface area (TPSA) is 57.4 Å². The number of hydrogen-bond acceptors (Lipinski definition) is 2. The number of aromatic nitrogens is 4. The number of hydrogen-bond donors (Lipinski definition) is 2. The standard InChI is InChI=1S/C20H14N4.Au/c1-2-14-10-16-5-6-18(23-16)12-20-8-7-19(24-20)11-17-4-3-15(22-17)9-13(1)21-14;/h1-12,21-22H;. The number of nitrogens with one attached hydrogen (secondary N) is 2. The maximum absolute atomic E-state index is 4.62. The second kappa shape index (κ2) is 6.33. The molecule has 2 aliphatic rings. The van der Waals surface area contributed by atoms with Crippen LogP contribution in [0.4, 0.5) is 0 Å². The first-order valence-electron chi connectivity index (χ1n) is 7.85. The molecule has 0 saturated heterocycles. The molecule has 4 nitrogen and oxygen atoms in total. The van der Waals surface area contributed by atoms with Gasteiger partial charge in [0.2, 0.25) is 0 Å². The largest absolute Gasteiger partial charge is 0.355 e. The minimum Gasteiger partial charge on any atom is -0.355 e. The van der Waals surface area contributed by atoms with Gasteiger partial charge < -0.3 is 9.97 Å². The van der Waals surface area contributed by atoms with Gasteiger partial charge in [0.25, 0.3) is 0 Å². The number of H-pyrrole nitrogens is 2. The Morgan fingerprint density at radius 3 is 1.28 bits per heavy atom. The summed E-state index contributed by atoms with van der Waals surface area (Å²) >= 11 is 0. The molecule has 5 heterocycles. The molecule has 2 N–H and O–H groups in total. The number of nitrogens with zero attached hydrogens (tertiary/aromatic N) is 2. The molecule has 0 amide bonds. The molecule has 0 unspecified atom stereocenters. The molecule has 0 saturated carbocycles. The molecule has 5 heteroatoms. The van der Waals surface area contributed by atoms with Gasteiger partial charge in [0.15, 0.2) is 0 Å². The van der Waals surface area contributed by atoms with Crippen molar-refractivity contribution in [3.8, 4) is 0 Å². The molecule has 0 aromatic carbocycles. The summed E-state index contributed by atoms with van der Waals surface area (Å²) in [6.07, 6.45) is 8.05. The Morgan fingerprint density at radius 2 is 0.840 bits per heavy atom. The predicted octanol–water partition coefficient (Wildman–Crippen LogP) is 4.65. The van der Waals surface area contributed by atoms with Gasteiger partial charge in [-0.1, -0.05) is 0 Å². The summed E-state index contributed by atoms with van der Waals surface area (Å²) in [6.45, 7) is 0. The smallest absolute Gasteiger partial charge is 0.0659 e. The van der Waals surface area contributed by atoms with Gasteiger partial charge in [0.05, 0.1) is 22.8 Å². The summed E-state index contributed by atoms with van der Waals surface area (Å²) in [4.78, 5) is 16.0. The molecule has 3 aromatic rings. The third-order valence-electron chi connectivity index (χ3n) is 4.04. The maximum Gasteiger partial charge on any atom is 0.0659 e. The van der Waals surface area contributed by atoms with Crippen LogP contribution < -0.4 is 0 Å². The van der Waals surface area contributed by atoms with Crippen LogP contribution in [0.3, 0.4) is 0 Å². The van der Waals surface area contributed by atoms with Crippen molar-refractivity contribution in [2.75, 3.05) is 0 Å². The van der Waals surface area contributed by atoms with Crippen molar-refractivity contribution in [2.45, 2.75) is 0 Å². The first-order chi connectivity index (χ1) is 11.8. The fourth-order valence-electron chi connectivity index (χ4n) is 2.94. The van der Waals surface area contributed by atoms with Gasteiger partial charge in [0.1, 0.15) is 0 Å². The van der Waals surface area contributed by atoms with Gasteiger partial charge in [-0.05, 0) is 72.8 Å². The summed E-state index contributed by atoms with van der Waals surface area (Å²) in [5.74, 6) is 0. The zero-order chi connectivity index (χ0) is 15.9. The number of aromatic amines is 2.